The molecule has 0 N–H and O–H groups in total. The molecule has 4 aromatic rings. The summed E-state index contributed by atoms with van der Waals surface area (Å²) >= 11 is 6.03. The van der Waals surface area contributed by atoms with Crippen molar-refractivity contribution in [3.63, 3.8) is 0 Å². The van der Waals surface area contributed by atoms with Crippen molar-refractivity contribution in [3.8, 4) is 16.9 Å². The van der Waals surface area contributed by atoms with Crippen LogP contribution < -0.4 is 0 Å². The Bertz CT molecular complexity index is 1140. The maximum Gasteiger partial charge on any atom is 0.339 e. The quantitative estimate of drug-likeness (QED) is 0.479. The van der Waals surface area contributed by atoms with E-state index in [4.69, 9.17) is 21.4 Å². The smallest absolute Gasteiger partial charge is 0.339 e. The summed E-state index contributed by atoms with van der Waals surface area (Å²) in [5, 5.41) is 6.20. The van der Waals surface area contributed by atoms with Crippen molar-refractivity contribution in [1.29, 1.82) is 0 Å². The molecule has 6 heteroatoms. The van der Waals surface area contributed by atoms with Gasteiger partial charge in [-0.05, 0) is 37.3 Å². The molecule has 0 aliphatic rings. The number of fused-ring (bicyclic) bond motifs is 1. The highest BCUT2D eigenvalue weighted by Crippen LogP contribution is 2.31. The number of ether oxygens (including phenoxy) is 1. The fraction of sp³-hybridized carbons (Fsp3) is 0.0952. The first-order valence-electron chi connectivity index (χ1n) is 8.38. The third kappa shape index (κ3) is 3.06. The first kappa shape index (κ1) is 17.2. The van der Waals surface area contributed by atoms with Gasteiger partial charge in [-0.1, -0.05) is 41.9 Å². The second kappa shape index (κ2) is 6.85. The lowest BCUT2D eigenvalue weighted by atomic mass is 10.1. The number of carbonyl (C=O) groups is 1. The van der Waals surface area contributed by atoms with Gasteiger partial charge in [0.05, 0.1) is 24.1 Å². The van der Waals surface area contributed by atoms with E-state index in [1.165, 1.54) is 7.11 Å². The van der Waals surface area contributed by atoms with Gasteiger partial charge in [-0.3, -0.25) is 0 Å². The Morgan fingerprint density at radius 1 is 1.07 bits per heavy atom. The van der Waals surface area contributed by atoms with E-state index in [0.717, 1.165) is 22.3 Å². The molecule has 0 saturated heterocycles. The van der Waals surface area contributed by atoms with Crippen LogP contribution in [0.25, 0.3) is 28.0 Å². The summed E-state index contributed by atoms with van der Waals surface area (Å²) in [6, 6.07) is 19.0. The monoisotopic (exact) mass is 377 g/mol. The number of carbonyl (C=O) groups excluding carboxylic acids is 1. The van der Waals surface area contributed by atoms with E-state index in [0.29, 0.717) is 21.9 Å². The molecule has 0 radical (unpaired) electrons. The molecule has 0 saturated carbocycles. The minimum absolute atomic E-state index is 0.420. The zero-order valence-corrected chi connectivity index (χ0v) is 15.6. The van der Waals surface area contributed by atoms with E-state index in [1.807, 2.05) is 54.6 Å². The zero-order chi connectivity index (χ0) is 19.0. The lowest BCUT2D eigenvalue weighted by Gasteiger charge is -2.06. The van der Waals surface area contributed by atoms with Crippen LogP contribution in [0.5, 0.6) is 0 Å². The molecule has 0 bridgehead atoms. The zero-order valence-electron chi connectivity index (χ0n) is 14.8. The number of pyridine rings is 1. The Hall–Kier alpha value is -3.18. The average Bonchev–Trinajstić information content (AvgIpc) is 3.06. The standard InChI is InChI=1S/C21H16ClN3O2/c1-13-17(21(26)27-2)12-18-19(14-8-10-15(22)11-9-14)24-25(20(18)23-13)16-6-4-3-5-7-16/h3-12H,1-2H3. The molecule has 4 rings (SSSR count). The summed E-state index contributed by atoms with van der Waals surface area (Å²) in [5.74, 6) is -0.420. The minimum Gasteiger partial charge on any atom is -0.465 e. The summed E-state index contributed by atoms with van der Waals surface area (Å²) in [6.07, 6.45) is 0. The number of hydrogen-bond donors (Lipinski definition) is 0. The third-order valence-corrected chi connectivity index (χ3v) is 4.62. The third-order valence-electron chi connectivity index (χ3n) is 4.37. The van der Waals surface area contributed by atoms with Crippen molar-refractivity contribution >= 4 is 28.6 Å². The number of esters is 1. The van der Waals surface area contributed by atoms with Crippen LogP contribution in [0.15, 0.2) is 60.7 Å². The van der Waals surface area contributed by atoms with Gasteiger partial charge in [0.15, 0.2) is 5.65 Å². The molecular formula is C21H16ClN3O2. The second-order valence-corrected chi connectivity index (χ2v) is 6.52. The lowest BCUT2D eigenvalue weighted by Crippen LogP contribution is -2.06. The predicted molar refractivity (Wildman–Crippen MR) is 105 cm³/mol. The van der Waals surface area contributed by atoms with Crippen molar-refractivity contribution in [2.75, 3.05) is 7.11 Å². The maximum atomic E-state index is 12.1. The summed E-state index contributed by atoms with van der Waals surface area (Å²) in [6.45, 7) is 1.79. The number of benzene rings is 2. The molecule has 2 aromatic heterocycles. The maximum absolute atomic E-state index is 12.1. The van der Waals surface area contributed by atoms with Crippen LogP contribution in [0.3, 0.4) is 0 Å². The van der Waals surface area contributed by atoms with Gasteiger partial charge in [0, 0.05) is 16.0 Å². The molecule has 2 aromatic carbocycles. The fourth-order valence-corrected chi connectivity index (χ4v) is 3.14. The molecular weight excluding hydrogens is 362 g/mol. The Morgan fingerprint density at radius 2 is 1.78 bits per heavy atom. The molecule has 2 heterocycles. The van der Waals surface area contributed by atoms with Crippen LogP contribution in [0.2, 0.25) is 5.02 Å². The SMILES string of the molecule is COC(=O)c1cc2c(-c3ccc(Cl)cc3)nn(-c3ccccc3)c2nc1C. The van der Waals surface area contributed by atoms with Crippen molar-refractivity contribution < 1.29 is 9.53 Å². The number of hydrogen-bond acceptors (Lipinski definition) is 4. The number of rotatable bonds is 3. The minimum atomic E-state index is -0.420. The van der Waals surface area contributed by atoms with Crippen molar-refractivity contribution in [2.24, 2.45) is 0 Å². The molecule has 0 aliphatic carbocycles. The second-order valence-electron chi connectivity index (χ2n) is 6.09. The normalized spacial score (nSPS) is 10.9. The summed E-state index contributed by atoms with van der Waals surface area (Å²) in [4.78, 5) is 16.8. The molecule has 134 valence electrons. The van der Waals surface area contributed by atoms with E-state index < -0.39 is 5.97 Å². The number of nitrogens with zero attached hydrogens (tertiary/aromatic N) is 3. The highest BCUT2D eigenvalue weighted by Gasteiger charge is 2.20. The highest BCUT2D eigenvalue weighted by molar-refractivity contribution is 6.30. The largest absolute Gasteiger partial charge is 0.465 e. The van der Waals surface area contributed by atoms with E-state index >= 15 is 0 Å². The van der Waals surface area contributed by atoms with Gasteiger partial charge in [0.2, 0.25) is 0 Å². The molecule has 0 spiro atoms. The number of halogens is 1. The summed E-state index contributed by atoms with van der Waals surface area (Å²) in [5.41, 5.74) is 4.20. The van der Waals surface area contributed by atoms with Gasteiger partial charge in [-0.15, -0.1) is 0 Å². The van der Waals surface area contributed by atoms with Crippen LogP contribution in [0, 0.1) is 6.92 Å². The summed E-state index contributed by atoms with van der Waals surface area (Å²) < 4.78 is 6.68. The Labute approximate surface area is 161 Å². The van der Waals surface area contributed by atoms with Gasteiger partial charge in [0.25, 0.3) is 0 Å². The molecule has 0 amide bonds. The Balaban J connectivity index is 2.04. The van der Waals surface area contributed by atoms with Crippen molar-refractivity contribution in [1.82, 2.24) is 14.8 Å². The van der Waals surface area contributed by atoms with Gasteiger partial charge in [0.1, 0.15) is 5.69 Å². The van der Waals surface area contributed by atoms with Gasteiger partial charge >= 0.3 is 5.97 Å². The van der Waals surface area contributed by atoms with Crippen molar-refractivity contribution in [3.05, 3.63) is 76.9 Å². The topological polar surface area (TPSA) is 57.0 Å². The van der Waals surface area contributed by atoms with Crippen LogP contribution >= 0.6 is 11.6 Å². The average molecular weight is 378 g/mol. The van der Waals surface area contributed by atoms with E-state index in [-0.39, 0.29) is 0 Å². The fourth-order valence-electron chi connectivity index (χ4n) is 3.02. The van der Waals surface area contributed by atoms with Crippen LogP contribution in [-0.4, -0.2) is 27.8 Å². The first-order chi connectivity index (χ1) is 13.1. The van der Waals surface area contributed by atoms with Crippen LogP contribution in [0.4, 0.5) is 0 Å². The van der Waals surface area contributed by atoms with Gasteiger partial charge in [-0.2, -0.15) is 5.10 Å². The number of aryl methyl sites for hydroxylation is 1. The van der Waals surface area contributed by atoms with Crippen LogP contribution in [-0.2, 0) is 4.74 Å². The van der Waals surface area contributed by atoms with Crippen molar-refractivity contribution in [2.45, 2.75) is 6.92 Å². The number of aromatic nitrogens is 3. The molecule has 0 atom stereocenters. The van der Waals surface area contributed by atoms with Gasteiger partial charge < -0.3 is 4.74 Å². The number of para-hydroxylation sites is 1. The number of methoxy groups -OCH3 is 1. The molecule has 27 heavy (non-hydrogen) atoms. The Kier molecular flexibility index (Phi) is 4.38. The van der Waals surface area contributed by atoms with E-state index in [2.05, 4.69) is 4.98 Å². The highest BCUT2D eigenvalue weighted by atomic mass is 35.5. The lowest BCUT2D eigenvalue weighted by molar-refractivity contribution is 0.0599. The molecule has 0 aliphatic heterocycles. The first-order valence-corrected chi connectivity index (χ1v) is 8.76. The van der Waals surface area contributed by atoms with E-state index in [1.54, 1.807) is 17.7 Å². The predicted octanol–water partition coefficient (Wildman–Crippen LogP) is 4.84. The Morgan fingerprint density at radius 3 is 2.44 bits per heavy atom. The van der Waals surface area contributed by atoms with Gasteiger partial charge in [-0.25, -0.2) is 14.5 Å². The van der Waals surface area contributed by atoms with E-state index in [9.17, 15) is 4.79 Å². The summed E-state index contributed by atoms with van der Waals surface area (Å²) in [7, 11) is 1.36. The van der Waals surface area contributed by atoms with Crippen LogP contribution in [0.1, 0.15) is 16.1 Å². The molecule has 0 fully saturated rings. The molecule has 5 nitrogen and oxygen atoms in total. The molecule has 0 unspecified atom stereocenters.